The van der Waals surface area contributed by atoms with E-state index >= 15 is 0 Å². The van der Waals surface area contributed by atoms with Crippen molar-refractivity contribution in [1.82, 2.24) is 9.62 Å². The van der Waals surface area contributed by atoms with E-state index in [1.807, 2.05) is 19.9 Å². The third-order valence-corrected chi connectivity index (χ3v) is 6.24. The van der Waals surface area contributed by atoms with Gasteiger partial charge in [-0.25, -0.2) is 8.42 Å². The topological polar surface area (TPSA) is 49.4 Å². The summed E-state index contributed by atoms with van der Waals surface area (Å²) in [4.78, 5) is 0.222. The summed E-state index contributed by atoms with van der Waals surface area (Å²) in [6, 6.07) is 5.18. The predicted molar refractivity (Wildman–Crippen MR) is 88.9 cm³/mol. The second-order valence-corrected chi connectivity index (χ2v) is 7.39. The summed E-state index contributed by atoms with van der Waals surface area (Å²) < 4.78 is 27.4. The zero-order valence-corrected chi connectivity index (χ0v) is 14.7. The Labute approximate surface area is 138 Å². The van der Waals surface area contributed by atoms with E-state index in [-0.39, 0.29) is 23.3 Å². The molecular formula is C14H22Cl2N2O2S. The maximum Gasteiger partial charge on any atom is 0.244 e. The summed E-state index contributed by atoms with van der Waals surface area (Å²) in [6.07, 6.45) is 1.64. The van der Waals surface area contributed by atoms with Crippen LogP contribution in [0.5, 0.6) is 0 Å². The van der Waals surface area contributed by atoms with Crippen molar-refractivity contribution in [1.29, 1.82) is 0 Å². The Balaban J connectivity index is 0.00000220. The van der Waals surface area contributed by atoms with Gasteiger partial charge in [-0.1, -0.05) is 30.7 Å². The van der Waals surface area contributed by atoms with Gasteiger partial charge in [0, 0.05) is 19.1 Å². The van der Waals surface area contributed by atoms with Crippen molar-refractivity contribution in [2.75, 3.05) is 19.6 Å². The summed E-state index contributed by atoms with van der Waals surface area (Å²) in [5.41, 5.74) is 0.786. The van der Waals surface area contributed by atoms with Gasteiger partial charge in [-0.2, -0.15) is 4.31 Å². The normalized spacial score (nSPS) is 18.8. The highest BCUT2D eigenvalue weighted by Crippen LogP contribution is 2.29. The van der Waals surface area contributed by atoms with Crippen LogP contribution in [-0.2, 0) is 10.0 Å². The van der Waals surface area contributed by atoms with Crippen LogP contribution >= 0.6 is 24.0 Å². The molecule has 0 spiro atoms. The lowest BCUT2D eigenvalue weighted by Crippen LogP contribution is -2.42. The van der Waals surface area contributed by atoms with E-state index in [1.54, 1.807) is 16.4 Å². The van der Waals surface area contributed by atoms with Crippen molar-refractivity contribution in [2.45, 2.75) is 37.6 Å². The van der Waals surface area contributed by atoms with Gasteiger partial charge >= 0.3 is 0 Å². The molecule has 1 heterocycles. The molecule has 0 aliphatic carbocycles. The van der Waals surface area contributed by atoms with E-state index in [4.69, 9.17) is 11.6 Å². The van der Waals surface area contributed by atoms with Crippen LogP contribution in [0.4, 0.5) is 0 Å². The van der Waals surface area contributed by atoms with Gasteiger partial charge in [0.1, 0.15) is 4.90 Å². The van der Waals surface area contributed by atoms with Crippen molar-refractivity contribution in [3.63, 3.8) is 0 Å². The maximum absolute atomic E-state index is 12.9. The number of nitrogens with zero attached hydrogens (tertiary/aromatic N) is 1. The van der Waals surface area contributed by atoms with Crippen LogP contribution in [0.2, 0.25) is 5.02 Å². The number of halogens is 2. The standard InChI is InChI=1S/C14H21ClN2O2S.ClH/c1-3-9-17(12-7-8-16-10-12)20(18,19)13-6-4-5-11(2)14(13)15;/h4-6,12,16H,3,7-10H2,1-2H3;1H. The smallest absolute Gasteiger partial charge is 0.244 e. The van der Waals surface area contributed by atoms with Crippen molar-refractivity contribution >= 4 is 34.0 Å². The number of benzene rings is 1. The molecule has 1 unspecified atom stereocenters. The molecule has 1 aliphatic rings. The summed E-state index contributed by atoms with van der Waals surface area (Å²) in [5.74, 6) is 0. The van der Waals surface area contributed by atoms with Crippen molar-refractivity contribution in [3.8, 4) is 0 Å². The first-order valence-electron chi connectivity index (χ1n) is 6.96. The second-order valence-electron chi connectivity index (χ2n) is 5.15. The highest BCUT2D eigenvalue weighted by molar-refractivity contribution is 7.89. The molecule has 1 aromatic rings. The van der Waals surface area contributed by atoms with Crippen LogP contribution in [0, 0.1) is 6.92 Å². The van der Waals surface area contributed by atoms with Crippen molar-refractivity contribution < 1.29 is 8.42 Å². The van der Waals surface area contributed by atoms with Crippen LogP contribution in [0.25, 0.3) is 0 Å². The first-order chi connectivity index (χ1) is 9.48. The predicted octanol–water partition coefficient (Wildman–Crippen LogP) is 2.83. The highest BCUT2D eigenvalue weighted by atomic mass is 35.5. The van der Waals surface area contributed by atoms with Gasteiger partial charge in [-0.15, -0.1) is 12.4 Å². The largest absolute Gasteiger partial charge is 0.315 e. The first kappa shape index (κ1) is 18.7. The number of hydrogen-bond donors (Lipinski definition) is 1. The van der Waals surface area contributed by atoms with Crippen LogP contribution in [0.1, 0.15) is 25.3 Å². The van der Waals surface area contributed by atoms with E-state index in [0.29, 0.717) is 18.1 Å². The molecule has 120 valence electrons. The van der Waals surface area contributed by atoms with E-state index < -0.39 is 10.0 Å². The minimum atomic E-state index is -3.54. The molecule has 1 atom stereocenters. The van der Waals surface area contributed by atoms with Crippen LogP contribution in [-0.4, -0.2) is 38.4 Å². The summed E-state index contributed by atoms with van der Waals surface area (Å²) in [7, 11) is -3.54. The molecule has 1 saturated heterocycles. The fourth-order valence-corrected chi connectivity index (χ4v) is 4.86. The molecule has 2 rings (SSSR count). The summed E-state index contributed by atoms with van der Waals surface area (Å²) in [5, 5.41) is 3.55. The summed E-state index contributed by atoms with van der Waals surface area (Å²) >= 11 is 6.21. The van der Waals surface area contributed by atoms with Gasteiger partial charge in [0.25, 0.3) is 0 Å². The molecule has 0 amide bonds. The molecule has 0 radical (unpaired) electrons. The van der Waals surface area contributed by atoms with Crippen LogP contribution in [0.15, 0.2) is 23.1 Å². The Morgan fingerprint density at radius 2 is 2.14 bits per heavy atom. The van der Waals surface area contributed by atoms with Gasteiger partial charge in [0.2, 0.25) is 10.0 Å². The lowest BCUT2D eigenvalue weighted by atomic mass is 10.2. The average Bonchev–Trinajstić information content (AvgIpc) is 2.92. The third-order valence-electron chi connectivity index (χ3n) is 3.63. The van der Waals surface area contributed by atoms with Gasteiger partial charge in [0.15, 0.2) is 0 Å². The molecule has 4 nitrogen and oxygen atoms in total. The molecule has 1 N–H and O–H groups in total. The molecule has 7 heteroatoms. The fourth-order valence-electron chi connectivity index (χ4n) is 2.55. The quantitative estimate of drug-likeness (QED) is 0.886. The Morgan fingerprint density at radius 3 is 2.71 bits per heavy atom. The van der Waals surface area contributed by atoms with Crippen LogP contribution < -0.4 is 5.32 Å². The Bertz CT molecular complexity index is 572. The molecule has 0 saturated carbocycles. The molecule has 0 bridgehead atoms. The van der Waals surface area contributed by atoms with Gasteiger partial charge in [-0.3, -0.25) is 0 Å². The molecule has 0 aromatic heterocycles. The Kier molecular flexibility index (Phi) is 6.94. The Hall–Kier alpha value is -0.330. The monoisotopic (exact) mass is 352 g/mol. The maximum atomic E-state index is 12.9. The number of nitrogens with one attached hydrogen (secondary N) is 1. The zero-order chi connectivity index (χ0) is 14.8. The molecular weight excluding hydrogens is 331 g/mol. The average molecular weight is 353 g/mol. The zero-order valence-electron chi connectivity index (χ0n) is 12.3. The molecule has 1 fully saturated rings. The Morgan fingerprint density at radius 1 is 1.43 bits per heavy atom. The molecule has 21 heavy (non-hydrogen) atoms. The second kappa shape index (κ2) is 7.79. The van der Waals surface area contributed by atoms with Crippen molar-refractivity contribution in [3.05, 3.63) is 28.8 Å². The highest BCUT2D eigenvalue weighted by Gasteiger charge is 2.33. The molecule has 1 aromatic carbocycles. The minimum Gasteiger partial charge on any atom is -0.315 e. The number of hydrogen-bond acceptors (Lipinski definition) is 3. The van der Waals surface area contributed by atoms with Gasteiger partial charge in [0.05, 0.1) is 5.02 Å². The third kappa shape index (κ3) is 3.90. The summed E-state index contributed by atoms with van der Waals surface area (Å²) in [6.45, 7) is 5.91. The van der Waals surface area contributed by atoms with Crippen LogP contribution in [0.3, 0.4) is 0 Å². The first-order valence-corrected chi connectivity index (χ1v) is 8.78. The fraction of sp³-hybridized carbons (Fsp3) is 0.571. The SMILES string of the molecule is CCCN(C1CCNC1)S(=O)(=O)c1cccc(C)c1Cl.Cl. The van der Waals surface area contributed by atoms with E-state index in [0.717, 1.165) is 24.9 Å². The number of rotatable bonds is 5. The van der Waals surface area contributed by atoms with E-state index in [2.05, 4.69) is 5.32 Å². The van der Waals surface area contributed by atoms with Gasteiger partial charge < -0.3 is 5.32 Å². The van der Waals surface area contributed by atoms with E-state index in [9.17, 15) is 8.42 Å². The number of sulfonamides is 1. The lowest BCUT2D eigenvalue weighted by molar-refractivity contribution is 0.335. The minimum absolute atomic E-state index is 0. The van der Waals surface area contributed by atoms with Gasteiger partial charge in [-0.05, 0) is 37.9 Å². The van der Waals surface area contributed by atoms with E-state index in [1.165, 1.54) is 0 Å². The van der Waals surface area contributed by atoms with Crippen molar-refractivity contribution in [2.24, 2.45) is 0 Å². The lowest BCUT2D eigenvalue weighted by Gasteiger charge is -2.27. The number of aryl methyl sites for hydroxylation is 1. The molecule has 1 aliphatic heterocycles.